The van der Waals surface area contributed by atoms with Gasteiger partial charge in [0.2, 0.25) is 15.9 Å². The van der Waals surface area contributed by atoms with Crippen molar-refractivity contribution in [1.82, 2.24) is 14.6 Å². The molecule has 1 atom stereocenters. The number of nitrogens with one attached hydrogen (secondary N) is 1. The van der Waals surface area contributed by atoms with Gasteiger partial charge in [0.15, 0.2) is 0 Å². The molecule has 0 bridgehead atoms. The Morgan fingerprint density at radius 1 is 1.32 bits per heavy atom. The van der Waals surface area contributed by atoms with Gasteiger partial charge in [-0.3, -0.25) is 4.79 Å². The molecule has 6 nitrogen and oxygen atoms in total. The molecule has 1 aliphatic heterocycles. The molecule has 1 aromatic carbocycles. The zero-order chi connectivity index (χ0) is 20.3. The molecule has 0 spiro atoms. The number of piperidine rings is 1. The maximum absolute atomic E-state index is 13.0. The van der Waals surface area contributed by atoms with Gasteiger partial charge in [-0.1, -0.05) is 18.2 Å². The van der Waals surface area contributed by atoms with E-state index in [2.05, 4.69) is 10.3 Å². The van der Waals surface area contributed by atoms with E-state index in [1.807, 2.05) is 37.4 Å². The van der Waals surface area contributed by atoms with Gasteiger partial charge < -0.3 is 5.32 Å². The maximum atomic E-state index is 13.0. The predicted octanol–water partition coefficient (Wildman–Crippen LogP) is 3.11. The molecule has 1 saturated heterocycles. The minimum atomic E-state index is -3.37. The SMILES string of the molecule is CC(=O)NCc1csc(C2CCCN(S(=O)(=O)Cc3ccc(C)c(C)c3)C2)n1. The lowest BCUT2D eigenvalue weighted by Crippen LogP contribution is -2.39. The van der Waals surface area contributed by atoms with Crippen LogP contribution in [0.2, 0.25) is 0 Å². The zero-order valence-electron chi connectivity index (χ0n) is 16.6. The first-order valence-corrected chi connectivity index (χ1v) is 12.0. The Morgan fingerprint density at radius 2 is 2.11 bits per heavy atom. The van der Waals surface area contributed by atoms with Gasteiger partial charge in [0.25, 0.3) is 0 Å². The largest absolute Gasteiger partial charge is 0.351 e. The molecule has 1 N–H and O–H groups in total. The molecule has 0 saturated carbocycles. The molecular weight excluding hydrogens is 394 g/mol. The number of carbonyl (C=O) groups is 1. The topological polar surface area (TPSA) is 79.4 Å². The van der Waals surface area contributed by atoms with E-state index in [0.29, 0.717) is 19.6 Å². The second kappa shape index (κ2) is 8.71. The standard InChI is InChI=1S/C20H27N3O3S2/c1-14-6-7-17(9-15(14)2)13-28(25,26)23-8-4-5-18(11-23)20-22-19(12-27-20)10-21-16(3)24/h6-7,9,12,18H,4-5,8,10-11,13H2,1-3H3,(H,21,24). The minimum Gasteiger partial charge on any atom is -0.351 e. The molecule has 1 aromatic heterocycles. The highest BCUT2D eigenvalue weighted by atomic mass is 32.2. The lowest BCUT2D eigenvalue weighted by Gasteiger charge is -2.31. The van der Waals surface area contributed by atoms with E-state index in [-0.39, 0.29) is 17.6 Å². The second-order valence-electron chi connectivity index (χ2n) is 7.46. The van der Waals surface area contributed by atoms with Gasteiger partial charge >= 0.3 is 0 Å². The van der Waals surface area contributed by atoms with E-state index in [9.17, 15) is 13.2 Å². The fourth-order valence-corrected chi connectivity index (χ4v) is 5.94. The fraction of sp³-hybridized carbons (Fsp3) is 0.500. The third-order valence-electron chi connectivity index (χ3n) is 5.14. The van der Waals surface area contributed by atoms with Gasteiger partial charge in [-0.25, -0.2) is 17.7 Å². The molecule has 0 aliphatic carbocycles. The van der Waals surface area contributed by atoms with Crippen molar-refractivity contribution in [3.8, 4) is 0 Å². The van der Waals surface area contributed by atoms with Crippen LogP contribution >= 0.6 is 11.3 Å². The first kappa shape index (κ1) is 21.0. The Balaban J connectivity index is 1.68. The van der Waals surface area contributed by atoms with Gasteiger partial charge in [-0.05, 0) is 43.4 Å². The first-order chi connectivity index (χ1) is 13.2. The summed E-state index contributed by atoms with van der Waals surface area (Å²) in [7, 11) is -3.37. The summed E-state index contributed by atoms with van der Waals surface area (Å²) in [4.78, 5) is 15.7. The summed E-state index contributed by atoms with van der Waals surface area (Å²) in [5, 5.41) is 5.63. The molecular formula is C20H27N3O3S2. The quantitative estimate of drug-likeness (QED) is 0.777. The van der Waals surface area contributed by atoms with E-state index in [0.717, 1.165) is 40.2 Å². The van der Waals surface area contributed by atoms with E-state index < -0.39 is 10.0 Å². The summed E-state index contributed by atoms with van der Waals surface area (Å²) in [6.07, 6.45) is 1.76. The number of aryl methyl sites for hydroxylation is 2. The molecule has 3 rings (SSSR count). The van der Waals surface area contributed by atoms with Crippen molar-refractivity contribution in [3.05, 3.63) is 51.0 Å². The lowest BCUT2D eigenvalue weighted by molar-refractivity contribution is -0.119. The van der Waals surface area contributed by atoms with Crippen LogP contribution in [0.4, 0.5) is 0 Å². The van der Waals surface area contributed by atoms with Crippen LogP contribution in [0.25, 0.3) is 0 Å². The number of aromatic nitrogens is 1. The van der Waals surface area contributed by atoms with Gasteiger partial charge in [-0.15, -0.1) is 11.3 Å². The number of benzene rings is 1. The Bertz CT molecular complexity index is 953. The van der Waals surface area contributed by atoms with Crippen LogP contribution in [0.1, 0.15) is 53.1 Å². The van der Waals surface area contributed by atoms with Crippen molar-refractivity contribution in [2.24, 2.45) is 0 Å². The summed E-state index contributed by atoms with van der Waals surface area (Å²) >= 11 is 1.54. The van der Waals surface area contributed by atoms with Gasteiger partial charge in [0, 0.05) is 31.3 Å². The van der Waals surface area contributed by atoms with Crippen LogP contribution in [0.15, 0.2) is 23.6 Å². The number of rotatable bonds is 6. The van der Waals surface area contributed by atoms with Crippen LogP contribution in [0, 0.1) is 13.8 Å². The molecule has 1 fully saturated rings. The van der Waals surface area contributed by atoms with Gasteiger partial charge in [-0.2, -0.15) is 0 Å². The van der Waals surface area contributed by atoms with Crippen LogP contribution in [0.3, 0.4) is 0 Å². The Labute approximate surface area is 171 Å². The number of hydrogen-bond donors (Lipinski definition) is 1. The summed E-state index contributed by atoms with van der Waals surface area (Å²) in [5.41, 5.74) is 3.93. The van der Waals surface area contributed by atoms with E-state index >= 15 is 0 Å². The molecule has 1 unspecified atom stereocenters. The maximum Gasteiger partial charge on any atom is 0.218 e. The number of amides is 1. The van der Waals surface area contributed by atoms with Crippen molar-refractivity contribution in [2.45, 2.75) is 51.8 Å². The average molecular weight is 422 g/mol. The molecule has 152 valence electrons. The highest BCUT2D eigenvalue weighted by Gasteiger charge is 2.31. The number of nitrogens with zero attached hydrogens (tertiary/aromatic N) is 2. The average Bonchev–Trinajstić information content (AvgIpc) is 3.12. The highest BCUT2D eigenvalue weighted by Crippen LogP contribution is 2.31. The number of thiazole rings is 1. The van der Waals surface area contributed by atoms with Crippen LogP contribution in [-0.2, 0) is 27.1 Å². The van der Waals surface area contributed by atoms with Crippen molar-refractivity contribution >= 4 is 27.3 Å². The molecule has 28 heavy (non-hydrogen) atoms. The highest BCUT2D eigenvalue weighted by molar-refractivity contribution is 7.88. The van der Waals surface area contributed by atoms with Crippen LogP contribution in [0.5, 0.6) is 0 Å². The molecule has 1 aliphatic rings. The predicted molar refractivity (Wildman–Crippen MR) is 112 cm³/mol. The second-order valence-corrected chi connectivity index (χ2v) is 10.3. The Kier molecular flexibility index (Phi) is 6.52. The van der Waals surface area contributed by atoms with Crippen molar-refractivity contribution < 1.29 is 13.2 Å². The van der Waals surface area contributed by atoms with Crippen LogP contribution in [-0.4, -0.2) is 36.7 Å². The fourth-order valence-electron chi connectivity index (χ4n) is 3.40. The third kappa shape index (κ3) is 5.18. The molecule has 1 amide bonds. The number of sulfonamides is 1. The molecule has 2 heterocycles. The smallest absolute Gasteiger partial charge is 0.218 e. The van der Waals surface area contributed by atoms with E-state index in [4.69, 9.17) is 0 Å². The lowest BCUT2D eigenvalue weighted by atomic mass is 10.0. The molecule has 0 radical (unpaired) electrons. The summed E-state index contributed by atoms with van der Waals surface area (Å²) in [6, 6.07) is 5.84. The van der Waals surface area contributed by atoms with Crippen molar-refractivity contribution in [2.75, 3.05) is 13.1 Å². The van der Waals surface area contributed by atoms with Crippen molar-refractivity contribution in [3.63, 3.8) is 0 Å². The zero-order valence-corrected chi connectivity index (χ0v) is 18.2. The van der Waals surface area contributed by atoms with Crippen LogP contribution < -0.4 is 5.32 Å². The van der Waals surface area contributed by atoms with E-state index in [1.54, 1.807) is 15.6 Å². The Morgan fingerprint density at radius 3 is 2.82 bits per heavy atom. The Hall–Kier alpha value is -1.77. The van der Waals surface area contributed by atoms with Crippen molar-refractivity contribution in [1.29, 1.82) is 0 Å². The third-order valence-corrected chi connectivity index (χ3v) is 8.01. The first-order valence-electron chi connectivity index (χ1n) is 9.47. The normalized spacial score (nSPS) is 18.2. The molecule has 2 aromatic rings. The summed E-state index contributed by atoms with van der Waals surface area (Å²) in [5.74, 6) is 0.0575. The molecule has 8 heteroatoms. The number of hydrogen-bond acceptors (Lipinski definition) is 5. The summed E-state index contributed by atoms with van der Waals surface area (Å²) < 4.78 is 27.6. The monoisotopic (exact) mass is 421 g/mol. The van der Waals surface area contributed by atoms with Gasteiger partial charge in [0.1, 0.15) is 0 Å². The minimum absolute atomic E-state index is 0.0342. The van der Waals surface area contributed by atoms with E-state index in [1.165, 1.54) is 6.92 Å². The number of carbonyl (C=O) groups excluding carboxylic acids is 1. The van der Waals surface area contributed by atoms with Gasteiger partial charge in [0.05, 0.1) is 23.0 Å². The summed E-state index contributed by atoms with van der Waals surface area (Å²) in [6.45, 7) is 6.95.